The standard InChI is InChI=1S/C10H13ClN2O4/c11-2-1-7(14)9(15)5-3-6(12)8(10(16)17)13-4-5/h3-4,7,9,14-15H,1-2,12H2,(H,16,17). The molecule has 1 aromatic rings. The minimum atomic E-state index is -1.25. The minimum absolute atomic E-state index is 0.0628. The highest BCUT2D eigenvalue weighted by molar-refractivity contribution is 6.17. The second-order valence-electron chi connectivity index (χ2n) is 3.50. The lowest BCUT2D eigenvalue weighted by atomic mass is 10.0. The summed E-state index contributed by atoms with van der Waals surface area (Å²) >= 11 is 5.44. The smallest absolute Gasteiger partial charge is 0.356 e. The van der Waals surface area contributed by atoms with E-state index in [0.29, 0.717) is 0 Å². The summed E-state index contributed by atoms with van der Waals surface area (Å²) in [6, 6.07) is 1.28. The molecule has 94 valence electrons. The van der Waals surface area contributed by atoms with Gasteiger partial charge in [-0.25, -0.2) is 9.78 Å². The fourth-order valence-corrected chi connectivity index (χ4v) is 1.55. The van der Waals surface area contributed by atoms with Crippen LogP contribution in [0.3, 0.4) is 0 Å². The number of aromatic nitrogens is 1. The Balaban J connectivity index is 2.93. The number of halogens is 1. The topological polar surface area (TPSA) is 117 Å². The Hall–Kier alpha value is -1.37. The molecule has 6 nitrogen and oxygen atoms in total. The molecule has 17 heavy (non-hydrogen) atoms. The molecule has 0 aliphatic carbocycles. The van der Waals surface area contributed by atoms with Crippen LogP contribution in [-0.2, 0) is 0 Å². The zero-order valence-electron chi connectivity index (χ0n) is 8.88. The third-order valence-electron chi connectivity index (χ3n) is 2.25. The van der Waals surface area contributed by atoms with E-state index >= 15 is 0 Å². The molecule has 2 atom stereocenters. The average molecular weight is 261 g/mol. The van der Waals surface area contributed by atoms with Crippen LogP contribution in [0.5, 0.6) is 0 Å². The van der Waals surface area contributed by atoms with Crippen molar-refractivity contribution < 1.29 is 20.1 Å². The highest BCUT2D eigenvalue weighted by atomic mass is 35.5. The largest absolute Gasteiger partial charge is 0.476 e. The molecule has 7 heteroatoms. The lowest BCUT2D eigenvalue weighted by molar-refractivity contribution is 0.0168. The van der Waals surface area contributed by atoms with Crippen molar-refractivity contribution >= 4 is 23.3 Å². The molecule has 0 fully saturated rings. The van der Waals surface area contributed by atoms with Crippen molar-refractivity contribution in [3.8, 4) is 0 Å². The quantitative estimate of drug-likeness (QED) is 0.569. The number of aliphatic hydroxyl groups excluding tert-OH is 2. The molecule has 1 rings (SSSR count). The van der Waals surface area contributed by atoms with E-state index in [9.17, 15) is 15.0 Å². The van der Waals surface area contributed by atoms with Gasteiger partial charge in [-0.2, -0.15) is 0 Å². The highest BCUT2D eigenvalue weighted by Crippen LogP contribution is 2.21. The molecule has 1 aromatic heterocycles. The van der Waals surface area contributed by atoms with Crippen LogP contribution in [0.4, 0.5) is 5.69 Å². The zero-order chi connectivity index (χ0) is 13.0. The second kappa shape index (κ2) is 5.81. The van der Waals surface area contributed by atoms with Gasteiger partial charge in [0.05, 0.1) is 11.8 Å². The lowest BCUT2D eigenvalue weighted by Gasteiger charge is -2.17. The summed E-state index contributed by atoms with van der Waals surface area (Å²) in [5, 5.41) is 28.0. The Bertz CT molecular complexity index is 413. The average Bonchev–Trinajstić information content (AvgIpc) is 2.27. The number of hydrogen-bond acceptors (Lipinski definition) is 5. The number of pyridine rings is 1. The minimum Gasteiger partial charge on any atom is -0.476 e. The number of nitrogens with zero attached hydrogens (tertiary/aromatic N) is 1. The number of alkyl halides is 1. The van der Waals surface area contributed by atoms with E-state index in [-0.39, 0.29) is 29.2 Å². The van der Waals surface area contributed by atoms with E-state index in [0.717, 1.165) is 0 Å². The van der Waals surface area contributed by atoms with Crippen LogP contribution in [0.25, 0.3) is 0 Å². The summed E-state index contributed by atoms with van der Waals surface area (Å²) in [6.07, 6.45) is -0.846. The molecule has 1 heterocycles. The number of anilines is 1. The number of aliphatic hydroxyl groups is 2. The van der Waals surface area contributed by atoms with E-state index in [4.69, 9.17) is 22.4 Å². The van der Waals surface area contributed by atoms with Crippen LogP contribution in [0, 0.1) is 0 Å². The fourth-order valence-electron chi connectivity index (χ4n) is 1.33. The Morgan fingerprint density at radius 1 is 1.53 bits per heavy atom. The molecule has 0 saturated heterocycles. The Morgan fingerprint density at radius 2 is 2.18 bits per heavy atom. The number of carboxylic acid groups (broad SMARTS) is 1. The van der Waals surface area contributed by atoms with E-state index in [1.165, 1.54) is 12.3 Å². The van der Waals surface area contributed by atoms with Crippen LogP contribution in [0.2, 0.25) is 0 Å². The third-order valence-corrected chi connectivity index (χ3v) is 2.47. The third kappa shape index (κ3) is 3.29. The van der Waals surface area contributed by atoms with E-state index in [2.05, 4.69) is 4.98 Å². The fraction of sp³-hybridized carbons (Fsp3) is 0.400. The molecule has 0 saturated carbocycles. The van der Waals surface area contributed by atoms with Gasteiger partial charge in [0.25, 0.3) is 0 Å². The normalized spacial score (nSPS) is 14.3. The van der Waals surface area contributed by atoms with Gasteiger partial charge >= 0.3 is 5.97 Å². The number of rotatable bonds is 5. The van der Waals surface area contributed by atoms with Crippen molar-refractivity contribution in [3.05, 3.63) is 23.5 Å². The Morgan fingerprint density at radius 3 is 2.65 bits per heavy atom. The van der Waals surface area contributed by atoms with Crippen LogP contribution >= 0.6 is 11.6 Å². The van der Waals surface area contributed by atoms with E-state index in [1.807, 2.05) is 0 Å². The maximum absolute atomic E-state index is 10.7. The van der Waals surface area contributed by atoms with Crippen molar-refractivity contribution in [2.75, 3.05) is 11.6 Å². The maximum Gasteiger partial charge on any atom is 0.356 e. The van der Waals surface area contributed by atoms with Crippen molar-refractivity contribution in [1.29, 1.82) is 0 Å². The first kappa shape index (κ1) is 13.7. The summed E-state index contributed by atoms with van der Waals surface area (Å²) in [5.74, 6) is -1.04. The van der Waals surface area contributed by atoms with E-state index in [1.54, 1.807) is 0 Å². The number of carbonyl (C=O) groups is 1. The van der Waals surface area contributed by atoms with Crippen molar-refractivity contribution in [2.24, 2.45) is 0 Å². The monoisotopic (exact) mass is 260 g/mol. The van der Waals surface area contributed by atoms with Crippen LogP contribution in [-0.4, -0.2) is 38.3 Å². The molecule has 0 bridgehead atoms. The molecular weight excluding hydrogens is 248 g/mol. The van der Waals surface area contributed by atoms with Crippen LogP contribution in [0.1, 0.15) is 28.6 Å². The summed E-state index contributed by atoms with van der Waals surface area (Å²) in [5.41, 5.74) is 5.38. The van der Waals surface area contributed by atoms with Gasteiger partial charge in [-0.1, -0.05) is 0 Å². The lowest BCUT2D eigenvalue weighted by Crippen LogP contribution is -2.19. The molecule has 0 radical (unpaired) electrons. The van der Waals surface area contributed by atoms with Gasteiger partial charge in [-0.05, 0) is 12.5 Å². The Labute approximate surface area is 103 Å². The van der Waals surface area contributed by atoms with Gasteiger partial charge < -0.3 is 21.1 Å². The molecule has 0 aromatic carbocycles. The number of nitrogens with two attached hydrogens (primary N) is 1. The predicted molar refractivity (Wildman–Crippen MR) is 61.9 cm³/mol. The SMILES string of the molecule is Nc1cc(C(O)C(O)CCCl)cnc1C(=O)O. The van der Waals surface area contributed by atoms with Crippen molar-refractivity contribution in [1.82, 2.24) is 4.98 Å². The molecule has 2 unspecified atom stereocenters. The first-order valence-electron chi connectivity index (χ1n) is 4.88. The molecule has 0 aliphatic rings. The number of carboxylic acids is 1. The molecule has 0 spiro atoms. The van der Waals surface area contributed by atoms with Gasteiger partial charge in [0, 0.05) is 17.6 Å². The van der Waals surface area contributed by atoms with Crippen LogP contribution in [0.15, 0.2) is 12.3 Å². The van der Waals surface area contributed by atoms with E-state index < -0.39 is 18.2 Å². The molecule has 0 amide bonds. The maximum atomic E-state index is 10.7. The summed E-state index contributed by atoms with van der Waals surface area (Å²) in [6.45, 7) is 0. The number of aromatic carboxylic acids is 1. The highest BCUT2D eigenvalue weighted by Gasteiger charge is 2.20. The molecule has 0 aliphatic heterocycles. The van der Waals surface area contributed by atoms with Crippen LogP contribution < -0.4 is 5.73 Å². The first-order chi connectivity index (χ1) is 7.97. The summed E-state index contributed by atoms with van der Waals surface area (Å²) in [7, 11) is 0. The van der Waals surface area contributed by atoms with Gasteiger partial charge in [0.1, 0.15) is 6.10 Å². The summed E-state index contributed by atoms with van der Waals surface area (Å²) < 4.78 is 0. The van der Waals surface area contributed by atoms with Gasteiger partial charge in [-0.3, -0.25) is 0 Å². The van der Waals surface area contributed by atoms with Crippen molar-refractivity contribution in [3.63, 3.8) is 0 Å². The number of hydrogen-bond donors (Lipinski definition) is 4. The van der Waals surface area contributed by atoms with Gasteiger partial charge in [0.15, 0.2) is 5.69 Å². The van der Waals surface area contributed by atoms with Gasteiger partial charge in [-0.15, -0.1) is 11.6 Å². The second-order valence-corrected chi connectivity index (χ2v) is 3.88. The predicted octanol–water partition coefficient (Wildman–Crippen LogP) is 0.385. The number of nitrogen functional groups attached to an aromatic ring is 1. The summed E-state index contributed by atoms with van der Waals surface area (Å²) in [4.78, 5) is 14.3. The van der Waals surface area contributed by atoms with Crippen molar-refractivity contribution in [2.45, 2.75) is 18.6 Å². The molecule has 5 N–H and O–H groups in total. The first-order valence-corrected chi connectivity index (χ1v) is 5.41. The molecular formula is C10H13ClN2O4. The zero-order valence-corrected chi connectivity index (χ0v) is 9.63. The Kier molecular flexibility index (Phi) is 4.68. The van der Waals surface area contributed by atoms with Gasteiger partial charge in [0.2, 0.25) is 0 Å².